The van der Waals surface area contributed by atoms with Gasteiger partial charge in [0.2, 0.25) is 5.91 Å². The Morgan fingerprint density at radius 1 is 0.780 bits per heavy atom. The smallest absolute Gasteiger partial charge is 0.217 e. The Bertz CT molecular complexity index is 1270. The van der Waals surface area contributed by atoms with E-state index in [1.807, 2.05) is 18.2 Å². The third kappa shape index (κ3) is 26.3. The monoisotopic (exact) mass is 832 g/mol. The van der Waals surface area contributed by atoms with E-state index in [1.54, 1.807) is 24.3 Å². The summed E-state index contributed by atoms with van der Waals surface area (Å²) < 4.78 is 16.4. The largest absolute Gasteiger partial charge is 0.394 e. The maximum atomic E-state index is 12.4. The van der Waals surface area contributed by atoms with E-state index in [0.29, 0.717) is 37.2 Å². The molecule has 0 aliphatic carbocycles. The zero-order chi connectivity index (χ0) is 43.5. The molecule has 59 heavy (non-hydrogen) atoms. The van der Waals surface area contributed by atoms with E-state index in [1.165, 1.54) is 83.5 Å². The molecule has 11 heteroatoms. The van der Waals surface area contributed by atoms with Gasteiger partial charge in [-0.1, -0.05) is 172 Å². The van der Waals surface area contributed by atoms with Crippen molar-refractivity contribution in [3.8, 4) is 0 Å². The second kappa shape index (κ2) is 36.0. The molecule has 1 aromatic carbocycles. The van der Waals surface area contributed by atoms with Crippen molar-refractivity contribution < 1.29 is 49.3 Å². The predicted molar refractivity (Wildman–Crippen MR) is 236 cm³/mol. The van der Waals surface area contributed by atoms with Gasteiger partial charge in [-0.25, -0.2) is 0 Å². The molecule has 2 rings (SSSR count). The molecule has 0 bridgehead atoms. The van der Waals surface area contributed by atoms with Crippen LogP contribution in [0.4, 0.5) is 0 Å². The number of ketones is 1. The summed E-state index contributed by atoms with van der Waals surface area (Å²) in [6.45, 7) is 10.5. The summed E-state index contributed by atoms with van der Waals surface area (Å²) in [6, 6.07) is 7.51. The van der Waals surface area contributed by atoms with Gasteiger partial charge >= 0.3 is 0 Å². The number of carbonyl (C=O) groups is 2. The van der Waals surface area contributed by atoms with Gasteiger partial charge in [0.1, 0.15) is 24.4 Å². The number of nitrogens with two attached hydrogens (primary N) is 1. The summed E-state index contributed by atoms with van der Waals surface area (Å²) in [5.74, 6) is -0.269. The highest BCUT2D eigenvalue weighted by Crippen LogP contribution is 2.23. The lowest BCUT2D eigenvalue weighted by molar-refractivity contribution is -0.301. The molecule has 1 aromatic rings. The average Bonchev–Trinajstić information content (AvgIpc) is 3.23. The third-order valence-corrected chi connectivity index (χ3v) is 10.7. The van der Waals surface area contributed by atoms with Crippen molar-refractivity contribution in [3.63, 3.8) is 0 Å². The topological polar surface area (TPSA) is 189 Å². The Labute approximate surface area is 356 Å². The summed E-state index contributed by atoms with van der Waals surface area (Å²) in [4.78, 5) is 23.1. The van der Waals surface area contributed by atoms with Gasteiger partial charge in [0.05, 0.1) is 25.9 Å². The van der Waals surface area contributed by atoms with E-state index in [0.717, 1.165) is 56.9 Å². The first-order valence-electron chi connectivity index (χ1n) is 22.6. The number of ether oxygens (including phenoxy) is 3. The van der Waals surface area contributed by atoms with E-state index >= 15 is 0 Å². The molecule has 338 valence electrons. The molecule has 1 heterocycles. The fraction of sp³-hybridized carbons (Fsp3) is 0.708. The molecular weight excluding hydrogens is 751 g/mol. The van der Waals surface area contributed by atoms with Crippen molar-refractivity contribution >= 4 is 11.7 Å². The van der Waals surface area contributed by atoms with Crippen molar-refractivity contribution in [1.29, 1.82) is 0 Å². The lowest BCUT2D eigenvalue weighted by Crippen LogP contribution is -2.59. The maximum Gasteiger partial charge on any atom is 0.217 e. The molecule has 0 aromatic heterocycles. The number of aliphatic hydroxyl groups is 5. The van der Waals surface area contributed by atoms with Crippen LogP contribution in [0.2, 0.25) is 0 Å². The molecule has 1 aliphatic rings. The van der Waals surface area contributed by atoms with E-state index < -0.39 is 43.4 Å². The molecule has 5 unspecified atom stereocenters. The first-order chi connectivity index (χ1) is 28.6. The number of hydrogen-bond donors (Lipinski definition) is 6. The molecule has 1 saturated heterocycles. The van der Waals surface area contributed by atoms with E-state index in [2.05, 4.69) is 20.1 Å². The van der Waals surface area contributed by atoms with Gasteiger partial charge in [-0.2, -0.15) is 0 Å². The standard InChI is InChI=1S/C24H33NO3.C24H48O7/c1-3-13-21(4-2)24(27)22-15-12-14-20(18-22)19-28-17-11-9-7-5-6-8-10-16-23(25)26;1-2-3-4-5-6-7-8-9-10-11-12-13-14-15-19(26)16-17-30-24-23(29)22(28)21(27)20(18-25)31-24/h3-4,12-15,18H,1-2,5-11,16-17,19H2,(H2,25,26);19-29H,2-18H2,1H3/b21-13+;/t;19-,20?,21?,22?,23?,24?/m.1/s1. The lowest BCUT2D eigenvalue weighted by atomic mass is 9.99. The van der Waals surface area contributed by atoms with E-state index in [4.69, 9.17) is 19.9 Å². The van der Waals surface area contributed by atoms with Crippen LogP contribution in [0, 0.1) is 0 Å². The number of aliphatic hydroxyl groups excluding tert-OH is 5. The number of amides is 1. The maximum absolute atomic E-state index is 12.4. The fourth-order valence-electron chi connectivity index (χ4n) is 6.98. The van der Waals surface area contributed by atoms with Crippen LogP contribution in [0.5, 0.6) is 0 Å². The molecule has 1 amide bonds. The zero-order valence-electron chi connectivity index (χ0n) is 36.4. The van der Waals surface area contributed by atoms with Crippen molar-refractivity contribution in [2.75, 3.05) is 19.8 Å². The summed E-state index contributed by atoms with van der Waals surface area (Å²) in [5.41, 5.74) is 7.27. The first kappa shape index (κ1) is 54.3. The van der Waals surface area contributed by atoms with Crippen LogP contribution < -0.4 is 5.73 Å². The highest BCUT2D eigenvalue weighted by atomic mass is 16.7. The van der Waals surface area contributed by atoms with E-state index in [-0.39, 0.29) is 18.3 Å². The van der Waals surface area contributed by atoms with Gasteiger partial charge < -0.3 is 45.5 Å². The number of unbranched alkanes of at least 4 members (excludes halogenated alkanes) is 18. The van der Waals surface area contributed by atoms with Crippen molar-refractivity contribution in [1.82, 2.24) is 0 Å². The van der Waals surface area contributed by atoms with Crippen LogP contribution in [0.1, 0.15) is 171 Å². The molecule has 1 fully saturated rings. The highest BCUT2D eigenvalue weighted by molar-refractivity contribution is 6.10. The molecule has 0 spiro atoms. The Hall–Kier alpha value is -2.74. The Morgan fingerprint density at radius 3 is 1.92 bits per heavy atom. The molecule has 1 aliphatic heterocycles. The van der Waals surface area contributed by atoms with Gasteiger partial charge in [-0.15, -0.1) is 0 Å². The fourth-order valence-corrected chi connectivity index (χ4v) is 6.98. The number of allylic oxidation sites excluding steroid dienone is 4. The molecule has 0 radical (unpaired) electrons. The second-order valence-corrected chi connectivity index (χ2v) is 15.9. The number of carbonyl (C=O) groups excluding carboxylic acids is 2. The van der Waals surface area contributed by atoms with Gasteiger partial charge in [0.25, 0.3) is 0 Å². The van der Waals surface area contributed by atoms with Crippen LogP contribution in [0.25, 0.3) is 0 Å². The third-order valence-electron chi connectivity index (χ3n) is 10.7. The quantitative estimate of drug-likeness (QED) is 0.0168. The lowest BCUT2D eigenvalue weighted by Gasteiger charge is -2.39. The second-order valence-electron chi connectivity index (χ2n) is 15.9. The Kier molecular flexibility index (Phi) is 33.1. The summed E-state index contributed by atoms with van der Waals surface area (Å²) in [5, 5.41) is 48.7. The zero-order valence-corrected chi connectivity index (χ0v) is 36.4. The van der Waals surface area contributed by atoms with Gasteiger partial charge in [0.15, 0.2) is 12.1 Å². The summed E-state index contributed by atoms with van der Waals surface area (Å²) in [7, 11) is 0. The minimum absolute atomic E-state index is 0.0624. The number of benzene rings is 1. The highest BCUT2D eigenvalue weighted by Gasteiger charge is 2.44. The van der Waals surface area contributed by atoms with Crippen LogP contribution >= 0.6 is 0 Å². The minimum atomic E-state index is -1.44. The van der Waals surface area contributed by atoms with Crippen molar-refractivity contribution in [3.05, 3.63) is 72.4 Å². The summed E-state index contributed by atoms with van der Waals surface area (Å²) >= 11 is 0. The van der Waals surface area contributed by atoms with Crippen molar-refractivity contribution in [2.45, 2.75) is 198 Å². The molecule has 0 saturated carbocycles. The predicted octanol–water partition coefficient (Wildman–Crippen LogP) is 8.33. The van der Waals surface area contributed by atoms with Crippen LogP contribution in [-0.4, -0.2) is 93.9 Å². The average molecular weight is 832 g/mol. The van der Waals surface area contributed by atoms with Crippen LogP contribution in [0.15, 0.2) is 61.2 Å². The van der Waals surface area contributed by atoms with E-state index in [9.17, 15) is 35.1 Å². The van der Waals surface area contributed by atoms with Crippen molar-refractivity contribution in [2.24, 2.45) is 5.73 Å². The molecule has 6 atom stereocenters. The molecular formula is C48H81NO10. The Morgan fingerprint density at radius 2 is 1.36 bits per heavy atom. The number of Topliss-reactive ketones (excluding diaryl/α,β-unsaturated/α-hetero) is 1. The summed E-state index contributed by atoms with van der Waals surface area (Å²) in [6.07, 6.45) is 24.1. The number of rotatable bonds is 35. The first-order valence-corrected chi connectivity index (χ1v) is 22.6. The van der Waals surface area contributed by atoms with Gasteiger partial charge in [-0.3, -0.25) is 9.59 Å². The van der Waals surface area contributed by atoms with Crippen LogP contribution in [0.3, 0.4) is 0 Å². The number of primary amides is 1. The van der Waals surface area contributed by atoms with Gasteiger partial charge in [-0.05, 0) is 37.3 Å². The molecule has 7 N–H and O–H groups in total. The minimum Gasteiger partial charge on any atom is -0.394 e. The number of hydrogen-bond acceptors (Lipinski definition) is 10. The van der Waals surface area contributed by atoms with Crippen LogP contribution in [-0.2, 0) is 25.6 Å². The van der Waals surface area contributed by atoms with Gasteiger partial charge in [0, 0.05) is 24.2 Å². The molecule has 11 nitrogen and oxygen atoms in total. The Balaban J connectivity index is 0.000000593. The normalized spacial score (nSPS) is 19.8. The SMILES string of the molecule is C=C/C=C(\C=C)C(=O)c1cccc(COCCCCCCCCCC(N)=O)c1.CCCCCCCCCCCCCCC[C@@H](O)CCOC1OC(CO)C(O)C(O)C1O.